The summed E-state index contributed by atoms with van der Waals surface area (Å²) in [4.78, 5) is 20.0. The summed E-state index contributed by atoms with van der Waals surface area (Å²) in [6.45, 7) is 1.06. The van der Waals surface area contributed by atoms with E-state index in [1.807, 2.05) is 24.3 Å². The lowest BCUT2D eigenvalue weighted by Crippen LogP contribution is -2.16. The largest absolute Gasteiger partial charge is 0.486 e. The average molecular weight is 326 g/mol. The maximum atomic E-state index is 12.4. The van der Waals surface area contributed by atoms with Gasteiger partial charge >= 0.3 is 0 Å². The Hall–Kier alpha value is -2.47. The molecule has 4 rings (SSSR count). The van der Waals surface area contributed by atoms with Crippen molar-refractivity contribution in [1.82, 2.24) is 9.97 Å². The first-order valence-corrected chi connectivity index (χ1v) is 8.28. The number of hydrogen-bond donors (Lipinski definition) is 1. The number of thioether (sulfide) groups is 1. The Balaban J connectivity index is 1.47. The van der Waals surface area contributed by atoms with Crippen molar-refractivity contribution >= 4 is 28.6 Å². The van der Waals surface area contributed by atoms with Crippen LogP contribution < -0.4 is 9.47 Å². The Bertz CT molecular complexity index is 842. The Morgan fingerprint density at radius 3 is 2.83 bits per heavy atom. The summed E-state index contributed by atoms with van der Waals surface area (Å²) in [5, 5.41) is 0.747. The number of carbonyl (C=O) groups excluding carboxylic acids is 1. The van der Waals surface area contributed by atoms with Crippen molar-refractivity contribution in [3.8, 4) is 11.5 Å². The van der Waals surface area contributed by atoms with Crippen LogP contribution in [0.5, 0.6) is 11.5 Å². The van der Waals surface area contributed by atoms with Gasteiger partial charge in [0.25, 0.3) is 0 Å². The highest BCUT2D eigenvalue weighted by molar-refractivity contribution is 7.99. The van der Waals surface area contributed by atoms with E-state index in [9.17, 15) is 4.79 Å². The molecule has 6 heteroatoms. The number of fused-ring (bicyclic) bond motifs is 2. The van der Waals surface area contributed by atoms with Crippen LogP contribution in [0.1, 0.15) is 10.4 Å². The Morgan fingerprint density at radius 1 is 1.13 bits per heavy atom. The van der Waals surface area contributed by atoms with Gasteiger partial charge in [0.1, 0.15) is 13.2 Å². The lowest BCUT2D eigenvalue weighted by Gasteiger charge is -2.18. The number of benzene rings is 2. The normalized spacial score (nSPS) is 13.2. The standard InChI is InChI=1S/C17H14N2O3S/c20-14(11-5-6-15-16(9-11)22-8-7-21-15)10-23-17-18-12-3-1-2-4-13(12)19-17/h1-6,9H,7-8,10H2,(H,18,19). The molecule has 1 aliphatic heterocycles. The summed E-state index contributed by atoms with van der Waals surface area (Å²) in [5.74, 6) is 1.68. The number of hydrogen-bond acceptors (Lipinski definition) is 5. The van der Waals surface area contributed by atoms with Crippen molar-refractivity contribution in [3.05, 3.63) is 48.0 Å². The van der Waals surface area contributed by atoms with Gasteiger partial charge in [0.05, 0.1) is 16.8 Å². The van der Waals surface area contributed by atoms with E-state index < -0.39 is 0 Å². The van der Waals surface area contributed by atoms with E-state index in [0.29, 0.717) is 36.0 Å². The molecule has 23 heavy (non-hydrogen) atoms. The number of ether oxygens (including phenoxy) is 2. The molecule has 116 valence electrons. The second kappa shape index (κ2) is 5.96. The number of para-hydroxylation sites is 2. The fraction of sp³-hybridized carbons (Fsp3) is 0.176. The molecule has 0 aliphatic carbocycles. The minimum absolute atomic E-state index is 0.0347. The van der Waals surface area contributed by atoms with Gasteiger partial charge in [-0.3, -0.25) is 4.79 Å². The second-order valence-corrected chi connectivity index (χ2v) is 6.09. The van der Waals surface area contributed by atoms with Gasteiger partial charge in [-0.25, -0.2) is 4.98 Å². The van der Waals surface area contributed by atoms with Crippen molar-refractivity contribution < 1.29 is 14.3 Å². The first-order chi connectivity index (χ1) is 11.3. The molecule has 2 heterocycles. The number of nitrogens with one attached hydrogen (secondary N) is 1. The fourth-order valence-electron chi connectivity index (χ4n) is 2.43. The van der Waals surface area contributed by atoms with Crippen molar-refractivity contribution in [3.63, 3.8) is 0 Å². The van der Waals surface area contributed by atoms with E-state index in [0.717, 1.165) is 16.2 Å². The monoisotopic (exact) mass is 326 g/mol. The van der Waals surface area contributed by atoms with Crippen LogP contribution in [0.25, 0.3) is 11.0 Å². The zero-order chi connectivity index (χ0) is 15.6. The molecule has 1 N–H and O–H groups in total. The van der Waals surface area contributed by atoms with Gasteiger partial charge in [0.15, 0.2) is 22.4 Å². The number of nitrogens with zero attached hydrogens (tertiary/aromatic N) is 1. The van der Waals surface area contributed by atoms with E-state index in [1.54, 1.807) is 18.2 Å². The molecule has 1 aromatic heterocycles. The minimum atomic E-state index is 0.0347. The average Bonchev–Trinajstić information content (AvgIpc) is 3.02. The van der Waals surface area contributed by atoms with Gasteiger partial charge < -0.3 is 14.5 Å². The topological polar surface area (TPSA) is 64.2 Å². The van der Waals surface area contributed by atoms with Gasteiger partial charge in [-0.15, -0.1) is 0 Å². The quantitative estimate of drug-likeness (QED) is 0.588. The number of imidazole rings is 1. The number of Topliss-reactive ketones (excluding diaryl/α,β-unsaturated/α-hetero) is 1. The van der Waals surface area contributed by atoms with Crippen LogP contribution in [-0.2, 0) is 0 Å². The predicted molar refractivity (Wildman–Crippen MR) is 88.6 cm³/mol. The maximum absolute atomic E-state index is 12.4. The molecule has 0 unspecified atom stereocenters. The van der Waals surface area contributed by atoms with Gasteiger partial charge in [-0.1, -0.05) is 23.9 Å². The highest BCUT2D eigenvalue weighted by Crippen LogP contribution is 2.31. The van der Waals surface area contributed by atoms with Gasteiger partial charge in [-0.05, 0) is 30.3 Å². The Kier molecular flexibility index (Phi) is 3.67. The van der Waals surface area contributed by atoms with Crippen LogP contribution in [0.15, 0.2) is 47.6 Å². The van der Waals surface area contributed by atoms with Crippen molar-refractivity contribution in [1.29, 1.82) is 0 Å². The van der Waals surface area contributed by atoms with Crippen LogP contribution in [0.2, 0.25) is 0 Å². The lowest BCUT2D eigenvalue weighted by atomic mass is 10.1. The first-order valence-electron chi connectivity index (χ1n) is 7.30. The SMILES string of the molecule is O=C(CSc1nc2ccccc2[nH]1)c1ccc2c(c1)OCCO2. The summed E-state index contributed by atoms with van der Waals surface area (Å²) in [6, 6.07) is 13.1. The predicted octanol–water partition coefficient (Wildman–Crippen LogP) is 3.31. The summed E-state index contributed by atoms with van der Waals surface area (Å²) in [5.41, 5.74) is 2.50. The molecule has 0 saturated heterocycles. The molecule has 0 saturated carbocycles. The number of H-pyrrole nitrogens is 1. The number of ketones is 1. The van der Waals surface area contributed by atoms with Crippen LogP contribution in [0, 0.1) is 0 Å². The Morgan fingerprint density at radius 2 is 1.96 bits per heavy atom. The number of rotatable bonds is 4. The molecule has 0 amide bonds. The molecule has 1 aliphatic rings. The maximum Gasteiger partial charge on any atom is 0.173 e. The second-order valence-electron chi connectivity index (χ2n) is 5.13. The fourth-order valence-corrected chi connectivity index (χ4v) is 3.21. The van der Waals surface area contributed by atoms with E-state index in [4.69, 9.17) is 9.47 Å². The summed E-state index contributed by atoms with van der Waals surface area (Å²) >= 11 is 1.40. The summed E-state index contributed by atoms with van der Waals surface area (Å²) in [7, 11) is 0. The van der Waals surface area contributed by atoms with Gasteiger partial charge in [0, 0.05) is 5.56 Å². The molecule has 0 fully saturated rings. The van der Waals surface area contributed by atoms with Crippen LogP contribution in [-0.4, -0.2) is 34.7 Å². The Labute approximate surface area is 137 Å². The highest BCUT2D eigenvalue weighted by Gasteiger charge is 2.15. The molecule has 3 aromatic rings. The van der Waals surface area contributed by atoms with E-state index in [-0.39, 0.29) is 5.78 Å². The third-order valence-electron chi connectivity index (χ3n) is 3.57. The number of aromatic nitrogens is 2. The van der Waals surface area contributed by atoms with E-state index in [1.165, 1.54) is 11.8 Å². The minimum Gasteiger partial charge on any atom is -0.486 e. The molecular formula is C17H14N2O3S. The zero-order valence-electron chi connectivity index (χ0n) is 12.2. The highest BCUT2D eigenvalue weighted by atomic mass is 32.2. The molecule has 5 nitrogen and oxygen atoms in total. The van der Waals surface area contributed by atoms with E-state index in [2.05, 4.69) is 9.97 Å². The van der Waals surface area contributed by atoms with E-state index >= 15 is 0 Å². The molecule has 0 bridgehead atoms. The zero-order valence-corrected chi connectivity index (χ0v) is 13.1. The van der Waals surface area contributed by atoms with Crippen LogP contribution in [0.3, 0.4) is 0 Å². The van der Waals surface area contributed by atoms with Gasteiger partial charge in [0.2, 0.25) is 0 Å². The molecule has 0 atom stereocenters. The third kappa shape index (κ3) is 2.90. The first kappa shape index (κ1) is 14.1. The lowest BCUT2D eigenvalue weighted by molar-refractivity contribution is 0.102. The van der Waals surface area contributed by atoms with Crippen LogP contribution >= 0.6 is 11.8 Å². The number of carbonyl (C=O) groups is 1. The molecule has 0 spiro atoms. The van der Waals surface area contributed by atoms with Crippen LogP contribution in [0.4, 0.5) is 0 Å². The third-order valence-corrected chi connectivity index (χ3v) is 4.45. The number of aromatic amines is 1. The molecular weight excluding hydrogens is 312 g/mol. The van der Waals surface area contributed by atoms with Crippen molar-refractivity contribution in [2.24, 2.45) is 0 Å². The summed E-state index contributed by atoms with van der Waals surface area (Å²) in [6.07, 6.45) is 0. The molecule has 2 aromatic carbocycles. The van der Waals surface area contributed by atoms with Crippen molar-refractivity contribution in [2.75, 3.05) is 19.0 Å². The summed E-state index contributed by atoms with van der Waals surface area (Å²) < 4.78 is 11.0. The van der Waals surface area contributed by atoms with Gasteiger partial charge in [-0.2, -0.15) is 0 Å². The molecule has 0 radical (unpaired) electrons. The van der Waals surface area contributed by atoms with Crippen molar-refractivity contribution in [2.45, 2.75) is 5.16 Å². The smallest absolute Gasteiger partial charge is 0.173 e.